The lowest BCUT2D eigenvalue weighted by molar-refractivity contribution is -0.0563. The molecule has 1 saturated carbocycles. The van der Waals surface area contributed by atoms with Crippen molar-refractivity contribution in [1.82, 2.24) is 12.9 Å². The van der Waals surface area contributed by atoms with Gasteiger partial charge in [0.25, 0.3) is 0 Å². The van der Waals surface area contributed by atoms with Crippen LogP contribution >= 0.6 is 22.9 Å². The molecule has 2 unspecified atom stereocenters. The van der Waals surface area contributed by atoms with Crippen LogP contribution in [-0.2, 0) is 4.74 Å². The maximum absolute atomic E-state index is 6.44. The van der Waals surface area contributed by atoms with Crippen LogP contribution in [0.2, 0.25) is 0 Å². The third kappa shape index (κ3) is 5.77. The summed E-state index contributed by atoms with van der Waals surface area (Å²) in [6.07, 6.45) is 8.81. The molecule has 146 valence electrons. The summed E-state index contributed by atoms with van der Waals surface area (Å²) in [5, 5.41) is 0. The largest absolute Gasteiger partial charge is 0.375 e. The van der Waals surface area contributed by atoms with Gasteiger partial charge in [-0.2, -0.15) is 0 Å². The number of hydrogen-bond acceptors (Lipinski definition) is 4. The number of piperazine rings is 1. The van der Waals surface area contributed by atoms with Crippen molar-refractivity contribution in [2.45, 2.75) is 83.6 Å². The molecular weight excluding hydrogens is 425 g/mol. The molecule has 0 bridgehead atoms. The third-order valence-electron chi connectivity index (χ3n) is 6.71. The molecule has 2 saturated heterocycles. The van der Waals surface area contributed by atoms with Crippen LogP contribution in [0.3, 0.4) is 0 Å². The summed E-state index contributed by atoms with van der Waals surface area (Å²) in [6.45, 7) is 14.5. The predicted molar refractivity (Wildman–Crippen MR) is 113 cm³/mol. The number of rotatable bonds is 5. The van der Waals surface area contributed by atoms with Gasteiger partial charge in [0.1, 0.15) is 0 Å². The summed E-state index contributed by atoms with van der Waals surface area (Å²) in [7, 11) is 0. The Morgan fingerprint density at radius 1 is 0.840 bits per heavy atom. The molecule has 2 heterocycles. The summed E-state index contributed by atoms with van der Waals surface area (Å²) >= 11 is 2.44. The molecule has 0 spiro atoms. The summed E-state index contributed by atoms with van der Waals surface area (Å²) in [6, 6.07) is 1.42. The highest BCUT2D eigenvalue weighted by atomic mass is 127. The Kier molecular flexibility index (Phi) is 7.86. The molecule has 0 radical (unpaired) electrons. The van der Waals surface area contributed by atoms with E-state index in [1.54, 1.807) is 0 Å². The molecule has 0 amide bonds. The van der Waals surface area contributed by atoms with E-state index in [1.165, 1.54) is 77.8 Å². The van der Waals surface area contributed by atoms with E-state index >= 15 is 0 Å². The highest BCUT2D eigenvalue weighted by Gasteiger charge is 2.31. The average molecular weight is 463 g/mol. The molecule has 5 heteroatoms. The zero-order valence-electron chi connectivity index (χ0n) is 16.5. The minimum atomic E-state index is 0.524. The lowest BCUT2D eigenvalue weighted by Crippen LogP contribution is -2.57. The number of nitrogens with zero attached hydrogens (tertiary/aromatic N) is 3. The Bertz CT molecular complexity index is 394. The number of ether oxygens (including phenoxy) is 1. The number of piperidine rings is 1. The number of likely N-dealkylation sites (N-methyl/N-ethyl adjacent to an activating group) is 1. The normalized spacial score (nSPS) is 37.4. The summed E-state index contributed by atoms with van der Waals surface area (Å²) < 4.78 is 8.83. The zero-order valence-corrected chi connectivity index (χ0v) is 18.7. The van der Waals surface area contributed by atoms with Gasteiger partial charge in [-0.15, -0.1) is 0 Å². The Hall–Kier alpha value is 0.570. The van der Waals surface area contributed by atoms with E-state index in [4.69, 9.17) is 4.74 Å². The van der Waals surface area contributed by atoms with Gasteiger partial charge in [0.15, 0.2) is 0 Å². The first kappa shape index (κ1) is 20.3. The van der Waals surface area contributed by atoms with Crippen molar-refractivity contribution in [3.05, 3.63) is 0 Å². The van der Waals surface area contributed by atoms with Crippen LogP contribution in [0.1, 0.15) is 59.3 Å². The van der Waals surface area contributed by atoms with E-state index in [2.05, 4.69) is 56.5 Å². The maximum Gasteiger partial charge on any atom is 0.0603 e. The molecule has 0 aromatic heterocycles. The van der Waals surface area contributed by atoms with Gasteiger partial charge in [-0.25, -0.2) is 3.11 Å². The molecule has 3 fully saturated rings. The highest BCUT2D eigenvalue weighted by molar-refractivity contribution is 14.1. The van der Waals surface area contributed by atoms with Gasteiger partial charge in [0, 0.05) is 67.7 Å². The number of hydrogen-bond donors (Lipinski definition) is 0. The van der Waals surface area contributed by atoms with Gasteiger partial charge in [-0.1, -0.05) is 6.92 Å². The lowest BCUT2D eigenvalue weighted by Gasteiger charge is -2.45. The van der Waals surface area contributed by atoms with Crippen molar-refractivity contribution in [2.24, 2.45) is 5.92 Å². The van der Waals surface area contributed by atoms with E-state index in [0.717, 1.165) is 5.92 Å². The maximum atomic E-state index is 6.44. The van der Waals surface area contributed by atoms with Crippen LogP contribution in [0.4, 0.5) is 0 Å². The Balaban J connectivity index is 1.38. The van der Waals surface area contributed by atoms with Crippen LogP contribution < -0.4 is 0 Å². The van der Waals surface area contributed by atoms with Crippen molar-refractivity contribution >= 4 is 22.9 Å². The van der Waals surface area contributed by atoms with E-state index in [1.807, 2.05) is 0 Å². The number of halogens is 1. The van der Waals surface area contributed by atoms with Crippen LogP contribution in [0, 0.1) is 5.92 Å². The fourth-order valence-corrected chi connectivity index (χ4v) is 5.54. The topological polar surface area (TPSA) is 19.0 Å². The third-order valence-corrected chi connectivity index (χ3v) is 7.67. The van der Waals surface area contributed by atoms with Gasteiger partial charge in [-0.3, -0.25) is 9.80 Å². The molecule has 0 N–H and O–H groups in total. The molecule has 2 atom stereocenters. The van der Waals surface area contributed by atoms with Gasteiger partial charge < -0.3 is 4.74 Å². The summed E-state index contributed by atoms with van der Waals surface area (Å²) in [5.41, 5.74) is 0. The SMILES string of the molecule is CCN1CC(C)N(CC2CCC(OC3CCN(I)CC3)CC2)CC1C. The Morgan fingerprint density at radius 2 is 1.40 bits per heavy atom. The van der Waals surface area contributed by atoms with E-state index in [9.17, 15) is 0 Å². The fraction of sp³-hybridized carbons (Fsp3) is 1.00. The molecule has 3 aliphatic rings. The highest BCUT2D eigenvalue weighted by Crippen LogP contribution is 2.30. The Morgan fingerprint density at radius 3 is 2.04 bits per heavy atom. The molecule has 0 aromatic carbocycles. The van der Waals surface area contributed by atoms with Crippen molar-refractivity contribution in [2.75, 3.05) is 39.3 Å². The van der Waals surface area contributed by atoms with Crippen molar-refractivity contribution in [3.63, 3.8) is 0 Å². The Labute approximate surface area is 169 Å². The second-order valence-electron chi connectivity index (χ2n) is 8.63. The average Bonchev–Trinajstić information content (AvgIpc) is 2.61. The summed E-state index contributed by atoms with van der Waals surface area (Å²) in [5.74, 6) is 0.888. The van der Waals surface area contributed by atoms with Crippen LogP contribution in [0.5, 0.6) is 0 Å². The van der Waals surface area contributed by atoms with E-state index < -0.39 is 0 Å². The van der Waals surface area contributed by atoms with E-state index in [0.29, 0.717) is 24.3 Å². The molecular formula is C20H38IN3O. The first-order valence-corrected chi connectivity index (χ1v) is 11.6. The van der Waals surface area contributed by atoms with Crippen LogP contribution in [0.15, 0.2) is 0 Å². The molecule has 0 aromatic rings. The van der Waals surface area contributed by atoms with Crippen molar-refractivity contribution in [1.29, 1.82) is 0 Å². The van der Waals surface area contributed by atoms with Crippen molar-refractivity contribution in [3.8, 4) is 0 Å². The first-order chi connectivity index (χ1) is 12.0. The summed E-state index contributed by atoms with van der Waals surface area (Å²) in [4.78, 5) is 5.39. The standard InChI is InChI=1S/C20H38IN3O/c1-4-22-13-17(3)23(14-16(22)2)15-18-5-7-19(8-6-18)25-20-9-11-24(21)12-10-20/h16-20H,4-15H2,1-3H3. The van der Waals surface area contributed by atoms with Gasteiger partial charge >= 0.3 is 0 Å². The van der Waals surface area contributed by atoms with Crippen LogP contribution in [0.25, 0.3) is 0 Å². The van der Waals surface area contributed by atoms with Crippen LogP contribution in [-0.4, -0.2) is 76.5 Å². The minimum Gasteiger partial charge on any atom is -0.375 e. The first-order valence-electron chi connectivity index (χ1n) is 10.6. The second kappa shape index (κ2) is 9.67. The monoisotopic (exact) mass is 463 g/mol. The van der Waals surface area contributed by atoms with E-state index in [-0.39, 0.29) is 0 Å². The molecule has 2 aliphatic heterocycles. The quantitative estimate of drug-likeness (QED) is 0.456. The molecule has 1 aliphatic carbocycles. The fourth-order valence-electron chi connectivity index (χ4n) is 4.98. The molecule has 4 nitrogen and oxygen atoms in total. The van der Waals surface area contributed by atoms with Gasteiger partial charge in [0.05, 0.1) is 12.2 Å². The smallest absolute Gasteiger partial charge is 0.0603 e. The molecule has 3 rings (SSSR count). The minimum absolute atomic E-state index is 0.524. The van der Waals surface area contributed by atoms with Gasteiger partial charge in [-0.05, 0) is 64.8 Å². The zero-order chi connectivity index (χ0) is 17.8. The predicted octanol–water partition coefficient (Wildman–Crippen LogP) is 3.79. The van der Waals surface area contributed by atoms with Crippen molar-refractivity contribution < 1.29 is 4.74 Å². The lowest BCUT2D eigenvalue weighted by atomic mass is 9.86. The second-order valence-corrected chi connectivity index (χ2v) is 9.99. The van der Waals surface area contributed by atoms with Gasteiger partial charge in [0.2, 0.25) is 0 Å². The molecule has 25 heavy (non-hydrogen) atoms.